The van der Waals surface area contributed by atoms with Crippen molar-refractivity contribution in [1.29, 1.82) is 0 Å². The number of imidazole rings is 2. The van der Waals surface area contributed by atoms with Crippen molar-refractivity contribution in [2.75, 3.05) is 0 Å². The highest BCUT2D eigenvalue weighted by molar-refractivity contribution is 5.88. The van der Waals surface area contributed by atoms with E-state index in [9.17, 15) is 0 Å². The van der Waals surface area contributed by atoms with Crippen LogP contribution in [0, 0.1) is 6.92 Å². The quantitative estimate of drug-likeness (QED) is 0.213. The maximum atomic E-state index is 5.20. The predicted molar refractivity (Wildman–Crippen MR) is 177 cm³/mol. The van der Waals surface area contributed by atoms with E-state index in [1.807, 2.05) is 24.3 Å². The molecule has 0 N–H and O–H groups in total. The Balaban J connectivity index is 1.44. The summed E-state index contributed by atoms with van der Waals surface area (Å²) in [5.41, 5.74) is 11.8. The van der Waals surface area contributed by atoms with Crippen LogP contribution in [0.3, 0.4) is 0 Å². The van der Waals surface area contributed by atoms with Crippen molar-refractivity contribution in [3.05, 3.63) is 157 Å². The van der Waals surface area contributed by atoms with E-state index < -0.39 is 0 Å². The lowest BCUT2D eigenvalue weighted by Crippen LogP contribution is -2.00. The van der Waals surface area contributed by atoms with Crippen LogP contribution < -0.4 is 0 Å². The molecule has 0 spiro atoms. The van der Waals surface area contributed by atoms with Crippen LogP contribution in [0.2, 0.25) is 0 Å². The number of fused-ring (bicyclic) bond motifs is 2. The first-order valence-corrected chi connectivity index (χ1v) is 14.5. The van der Waals surface area contributed by atoms with Gasteiger partial charge in [-0.15, -0.1) is 0 Å². The second-order valence-corrected chi connectivity index (χ2v) is 10.9. The molecule has 4 nitrogen and oxygen atoms in total. The zero-order chi connectivity index (χ0) is 28.8. The smallest absolute Gasteiger partial charge is 0.145 e. The molecule has 8 rings (SSSR count). The van der Waals surface area contributed by atoms with Crippen molar-refractivity contribution in [1.82, 2.24) is 19.1 Å². The molecule has 6 aromatic carbocycles. The van der Waals surface area contributed by atoms with Crippen LogP contribution in [0.5, 0.6) is 0 Å². The minimum Gasteiger partial charge on any atom is -0.292 e. The maximum Gasteiger partial charge on any atom is 0.145 e. The molecule has 0 saturated heterocycles. The highest BCUT2D eigenvalue weighted by atomic mass is 15.1. The Morgan fingerprint density at radius 1 is 0.395 bits per heavy atom. The molecule has 43 heavy (non-hydrogen) atoms. The molecule has 0 aliphatic carbocycles. The summed E-state index contributed by atoms with van der Waals surface area (Å²) >= 11 is 0. The second-order valence-electron chi connectivity index (χ2n) is 10.9. The average molecular weight is 553 g/mol. The number of rotatable bonds is 5. The van der Waals surface area contributed by atoms with Gasteiger partial charge in [0.25, 0.3) is 0 Å². The number of hydrogen-bond acceptors (Lipinski definition) is 2. The zero-order valence-corrected chi connectivity index (χ0v) is 23.7. The van der Waals surface area contributed by atoms with Crippen molar-refractivity contribution < 1.29 is 0 Å². The molecule has 8 aromatic rings. The molecule has 0 bridgehead atoms. The van der Waals surface area contributed by atoms with Gasteiger partial charge in [0.1, 0.15) is 11.6 Å². The van der Waals surface area contributed by atoms with Gasteiger partial charge in [-0.1, -0.05) is 90.5 Å². The Morgan fingerprint density at radius 3 is 1.30 bits per heavy atom. The molecule has 0 amide bonds. The molecule has 0 radical (unpaired) electrons. The van der Waals surface area contributed by atoms with Crippen molar-refractivity contribution in [3.8, 4) is 45.3 Å². The summed E-state index contributed by atoms with van der Waals surface area (Å²) in [4.78, 5) is 10.4. The number of hydrogen-bond donors (Lipinski definition) is 0. The van der Waals surface area contributed by atoms with Gasteiger partial charge in [-0.2, -0.15) is 0 Å². The van der Waals surface area contributed by atoms with E-state index in [1.54, 1.807) is 0 Å². The summed E-state index contributed by atoms with van der Waals surface area (Å²) in [7, 11) is 0. The standard InChI is InChI=1S/C39H28N4/c1-27-20-22-28(23-21-27)29-24-30(38-40-34-16-8-10-18-36(34)42(38)32-12-4-2-5-13-32)26-31(25-29)39-41-35-17-9-11-19-37(35)43(39)33-14-6-3-7-15-33/h2-26H,1H3. The third kappa shape index (κ3) is 4.41. The molecular formula is C39H28N4. The zero-order valence-electron chi connectivity index (χ0n) is 23.7. The normalized spacial score (nSPS) is 11.4. The van der Waals surface area contributed by atoms with Crippen molar-refractivity contribution in [3.63, 3.8) is 0 Å². The van der Waals surface area contributed by atoms with Crippen LogP contribution >= 0.6 is 0 Å². The van der Waals surface area contributed by atoms with Gasteiger partial charge in [0.15, 0.2) is 0 Å². The fourth-order valence-corrected chi connectivity index (χ4v) is 5.91. The summed E-state index contributed by atoms with van der Waals surface area (Å²) < 4.78 is 4.51. The first-order valence-electron chi connectivity index (χ1n) is 14.5. The van der Waals surface area contributed by atoms with E-state index in [0.29, 0.717) is 0 Å². The minimum absolute atomic E-state index is 0.894. The molecule has 0 atom stereocenters. The highest BCUT2D eigenvalue weighted by Gasteiger charge is 2.20. The number of nitrogens with zero attached hydrogens (tertiary/aromatic N) is 4. The van der Waals surface area contributed by atoms with Crippen LogP contribution in [-0.4, -0.2) is 19.1 Å². The van der Waals surface area contributed by atoms with Gasteiger partial charge in [0.05, 0.1) is 22.1 Å². The summed E-state index contributed by atoms with van der Waals surface area (Å²) in [6, 6.07) is 53.1. The Bertz CT molecular complexity index is 2090. The third-order valence-corrected chi connectivity index (χ3v) is 7.98. The van der Waals surface area contributed by atoms with Gasteiger partial charge in [0, 0.05) is 22.5 Å². The number of para-hydroxylation sites is 6. The predicted octanol–water partition coefficient (Wildman–Crippen LogP) is 9.67. The van der Waals surface area contributed by atoms with Gasteiger partial charge >= 0.3 is 0 Å². The largest absolute Gasteiger partial charge is 0.292 e. The van der Waals surface area contributed by atoms with E-state index in [0.717, 1.165) is 67.3 Å². The first kappa shape index (κ1) is 25.0. The maximum absolute atomic E-state index is 5.20. The fourth-order valence-electron chi connectivity index (χ4n) is 5.91. The molecule has 2 heterocycles. The van der Waals surface area contributed by atoms with E-state index in [1.165, 1.54) is 5.56 Å². The number of benzene rings is 6. The van der Waals surface area contributed by atoms with E-state index in [2.05, 4.69) is 143 Å². The van der Waals surface area contributed by atoms with Crippen LogP contribution in [0.4, 0.5) is 0 Å². The van der Waals surface area contributed by atoms with Gasteiger partial charge in [-0.05, 0) is 84.8 Å². The lowest BCUT2D eigenvalue weighted by molar-refractivity contribution is 1.09. The van der Waals surface area contributed by atoms with Gasteiger partial charge in [-0.3, -0.25) is 9.13 Å². The van der Waals surface area contributed by atoms with Crippen LogP contribution in [0.25, 0.3) is 67.3 Å². The number of aryl methyl sites for hydroxylation is 1. The number of aromatic nitrogens is 4. The summed E-state index contributed by atoms with van der Waals surface area (Å²) in [5, 5.41) is 0. The summed E-state index contributed by atoms with van der Waals surface area (Å²) in [6.45, 7) is 2.12. The van der Waals surface area contributed by atoms with Gasteiger partial charge < -0.3 is 0 Å². The van der Waals surface area contributed by atoms with Crippen molar-refractivity contribution in [2.24, 2.45) is 0 Å². The van der Waals surface area contributed by atoms with Crippen molar-refractivity contribution >= 4 is 22.1 Å². The monoisotopic (exact) mass is 552 g/mol. The molecule has 0 unspecified atom stereocenters. The second kappa shape index (κ2) is 10.3. The molecule has 0 saturated carbocycles. The topological polar surface area (TPSA) is 35.6 Å². The fraction of sp³-hybridized carbons (Fsp3) is 0.0256. The lowest BCUT2D eigenvalue weighted by atomic mass is 9.98. The van der Waals surface area contributed by atoms with Crippen LogP contribution in [0.15, 0.2) is 152 Å². The lowest BCUT2D eigenvalue weighted by Gasteiger charge is -2.14. The van der Waals surface area contributed by atoms with E-state index in [4.69, 9.17) is 9.97 Å². The molecule has 0 aliphatic heterocycles. The Labute approximate surface area is 250 Å². The molecule has 0 fully saturated rings. The average Bonchev–Trinajstić information content (AvgIpc) is 3.65. The van der Waals surface area contributed by atoms with E-state index in [-0.39, 0.29) is 0 Å². The summed E-state index contributed by atoms with van der Waals surface area (Å²) in [6.07, 6.45) is 0. The first-order chi connectivity index (χ1) is 21.2. The molecule has 0 aliphatic rings. The Hall–Kier alpha value is -5.74. The van der Waals surface area contributed by atoms with E-state index >= 15 is 0 Å². The third-order valence-electron chi connectivity index (χ3n) is 7.98. The highest BCUT2D eigenvalue weighted by Crippen LogP contribution is 2.37. The molecular weight excluding hydrogens is 524 g/mol. The van der Waals surface area contributed by atoms with Crippen LogP contribution in [0.1, 0.15) is 5.56 Å². The van der Waals surface area contributed by atoms with Gasteiger partial charge in [-0.25, -0.2) is 9.97 Å². The molecule has 2 aromatic heterocycles. The van der Waals surface area contributed by atoms with Crippen LogP contribution in [-0.2, 0) is 0 Å². The Morgan fingerprint density at radius 2 is 0.814 bits per heavy atom. The molecule has 204 valence electrons. The minimum atomic E-state index is 0.894. The molecule has 4 heteroatoms. The van der Waals surface area contributed by atoms with Crippen molar-refractivity contribution in [2.45, 2.75) is 6.92 Å². The Kier molecular flexibility index (Phi) is 5.97. The van der Waals surface area contributed by atoms with Gasteiger partial charge in [0.2, 0.25) is 0 Å². The SMILES string of the molecule is Cc1ccc(-c2cc(-c3nc4ccccc4n3-c3ccccc3)cc(-c3nc4ccccc4n3-c3ccccc3)c2)cc1. The summed E-state index contributed by atoms with van der Waals surface area (Å²) in [5.74, 6) is 1.79.